The van der Waals surface area contributed by atoms with Crippen molar-refractivity contribution in [1.29, 1.82) is 0 Å². The van der Waals surface area contributed by atoms with Crippen LogP contribution in [0, 0.1) is 6.92 Å². The van der Waals surface area contributed by atoms with Gasteiger partial charge in [0.05, 0.1) is 28.5 Å². The van der Waals surface area contributed by atoms with Gasteiger partial charge in [-0.1, -0.05) is 48.5 Å². The molecule has 2 heterocycles. The molecule has 0 atom stereocenters. The normalized spacial score (nSPS) is 11.6. The summed E-state index contributed by atoms with van der Waals surface area (Å²) < 4.78 is 1.40. The minimum atomic E-state index is -0.302. The Hall–Kier alpha value is -4.50. The van der Waals surface area contributed by atoms with Crippen LogP contribution in [0.25, 0.3) is 16.4 Å². The molecule has 0 amide bonds. The molecule has 5 aromatic rings. The fraction of sp³-hybridized carbons (Fsp3) is 0.0400. The SMILES string of the molecule is Cc1[nH]n(-c2nc(-c3ccccc3)cs2)c(=O)c1N=Nc1ccc(N=Nc2ccccc2)cc1. The van der Waals surface area contributed by atoms with Gasteiger partial charge >= 0.3 is 5.56 Å². The van der Waals surface area contributed by atoms with Crippen molar-refractivity contribution in [3.8, 4) is 16.4 Å². The van der Waals surface area contributed by atoms with E-state index < -0.39 is 0 Å². The van der Waals surface area contributed by atoms with Crippen molar-refractivity contribution >= 4 is 34.1 Å². The Morgan fingerprint density at radius 1 is 0.765 bits per heavy atom. The topological polar surface area (TPSA) is 100 Å². The van der Waals surface area contributed by atoms with Crippen LogP contribution < -0.4 is 5.56 Å². The monoisotopic (exact) mass is 465 g/mol. The summed E-state index contributed by atoms with van der Waals surface area (Å²) in [5, 5.41) is 22.3. The van der Waals surface area contributed by atoms with Gasteiger partial charge in [-0.25, -0.2) is 4.98 Å². The van der Waals surface area contributed by atoms with Crippen LogP contribution in [0.3, 0.4) is 0 Å². The quantitative estimate of drug-likeness (QED) is 0.264. The number of benzene rings is 3. The Morgan fingerprint density at radius 3 is 1.97 bits per heavy atom. The zero-order chi connectivity index (χ0) is 23.3. The Kier molecular flexibility index (Phi) is 6.00. The van der Waals surface area contributed by atoms with Gasteiger partial charge in [-0.05, 0) is 43.3 Å². The van der Waals surface area contributed by atoms with Gasteiger partial charge in [0.1, 0.15) is 0 Å². The number of nitrogens with one attached hydrogen (secondary N) is 1. The summed E-state index contributed by atoms with van der Waals surface area (Å²) in [5.74, 6) is 0. The largest absolute Gasteiger partial charge is 0.301 e. The van der Waals surface area contributed by atoms with Crippen LogP contribution in [0.1, 0.15) is 5.69 Å². The van der Waals surface area contributed by atoms with Crippen LogP contribution in [0.2, 0.25) is 0 Å². The molecular weight excluding hydrogens is 446 g/mol. The molecule has 9 heteroatoms. The van der Waals surface area contributed by atoms with Crippen LogP contribution >= 0.6 is 11.3 Å². The highest BCUT2D eigenvalue weighted by Gasteiger charge is 2.15. The van der Waals surface area contributed by atoms with E-state index in [-0.39, 0.29) is 11.2 Å². The number of aryl methyl sites for hydroxylation is 1. The molecule has 8 nitrogen and oxygen atoms in total. The maximum Gasteiger partial charge on any atom is 0.301 e. The van der Waals surface area contributed by atoms with E-state index in [1.807, 2.05) is 66.0 Å². The summed E-state index contributed by atoms with van der Waals surface area (Å²) in [6, 6.07) is 26.5. The Bertz CT molecular complexity index is 1520. The highest BCUT2D eigenvalue weighted by Crippen LogP contribution is 2.26. The number of hydrogen-bond donors (Lipinski definition) is 1. The zero-order valence-corrected chi connectivity index (χ0v) is 19.0. The van der Waals surface area contributed by atoms with Gasteiger partial charge in [-0.15, -0.1) is 16.5 Å². The third kappa shape index (κ3) is 4.64. The van der Waals surface area contributed by atoms with E-state index in [0.717, 1.165) is 16.9 Å². The number of hydrogen-bond acceptors (Lipinski definition) is 7. The van der Waals surface area contributed by atoms with Crippen LogP contribution in [-0.2, 0) is 0 Å². The zero-order valence-electron chi connectivity index (χ0n) is 18.2. The number of thiazole rings is 1. The van der Waals surface area contributed by atoms with Crippen LogP contribution in [0.4, 0.5) is 22.7 Å². The van der Waals surface area contributed by atoms with Gasteiger partial charge in [-0.3, -0.25) is 9.89 Å². The predicted octanol–water partition coefficient (Wildman–Crippen LogP) is 7.43. The second-order valence-electron chi connectivity index (χ2n) is 7.36. The summed E-state index contributed by atoms with van der Waals surface area (Å²) >= 11 is 1.38. The molecule has 34 heavy (non-hydrogen) atoms. The molecular formula is C25H19N7OS. The molecule has 5 rings (SSSR count). The maximum absolute atomic E-state index is 12.9. The molecule has 2 aromatic heterocycles. The highest BCUT2D eigenvalue weighted by molar-refractivity contribution is 7.12. The molecule has 0 fully saturated rings. The summed E-state index contributed by atoms with van der Waals surface area (Å²) in [5.41, 5.74) is 4.43. The minimum Gasteiger partial charge on any atom is -0.291 e. The lowest BCUT2D eigenvalue weighted by Crippen LogP contribution is -2.13. The van der Waals surface area contributed by atoms with Crippen LogP contribution in [-0.4, -0.2) is 14.8 Å². The van der Waals surface area contributed by atoms with Crippen LogP contribution in [0.5, 0.6) is 0 Å². The van der Waals surface area contributed by atoms with E-state index in [9.17, 15) is 4.79 Å². The molecule has 166 valence electrons. The van der Waals surface area contributed by atoms with E-state index in [1.54, 1.807) is 31.2 Å². The van der Waals surface area contributed by atoms with E-state index in [2.05, 4.69) is 30.5 Å². The molecule has 0 radical (unpaired) electrons. The summed E-state index contributed by atoms with van der Waals surface area (Å²) in [6.07, 6.45) is 0. The van der Waals surface area contributed by atoms with E-state index in [0.29, 0.717) is 22.2 Å². The number of nitrogens with zero attached hydrogens (tertiary/aromatic N) is 6. The molecule has 0 saturated heterocycles. The minimum absolute atomic E-state index is 0.240. The van der Waals surface area contributed by atoms with E-state index in [4.69, 9.17) is 0 Å². The fourth-order valence-electron chi connectivity index (χ4n) is 3.20. The number of aromatic amines is 1. The van der Waals surface area contributed by atoms with Crippen molar-refractivity contribution in [1.82, 2.24) is 14.8 Å². The van der Waals surface area contributed by atoms with Gasteiger partial charge in [0.25, 0.3) is 0 Å². The third-order valence-corrected chi connectivity index (χ3v) is 5.77. The first-order chi connectivity index (χ1) is 16.7. The van der Waals surface area contributed by atoms with Gasteiger partial charge in [0, 0.05) is 10.9 Å². The van der Waals surface area contributed by atoms with Crippen molar-refractivity contribution < 1.29 is 0 Å². The first kappa shape index (κ1) is 21.4. The number of aromatic nitrogens is 3. The van der Waals surface area contributed by atoms with Crippen molar-refractivity contribution in [2.75, 3.05) is 0 Å². The lowest BCUT2D eigenvalue weighted by Gasteiger charge is -1.95. The second kappa shape index (κ2) is 9.55. The van der Waals surface area contributed by atoms with Crippen molar-refractivity contribution in [3.63, 3.8) is 0 Å². The first-order valence-corrected chi connectivity index (χ1v) is 11.4. The standard InChI is InChI=1S/C25H19N7OS/c1-17-23(24(33)32(31-17)25-26-22(16-34-25)18-8-4-2-5-9-18)30-29-21-14-12-20(13-15-21)28-27-19-10-6-3-7-11-19/h2-16,31H,1H3. The van der Waals surface area contributed by atoms with Crippen molar-refractivity contribution in [2.24, 2.45) is 20.5 Å². The fourth-order valence-corrected chi connectivity index (χ4v) is 3.99. The molecule has 3 aromatic carbocycles. The van der Waals surface area contributed by atoms with Gasteiger partial charge < -0.3 is 0 Å². The first-order valence-electron chi connectivity index (χ1n) is 10.5. The van der Waals surface area contributed by atoms with E-state index in [1.165, 1.54) is 16.0 Å². The molecule has 0 aliphatic rings. The van der Waals surface area contributed by atoms with Gasteiger partial charge in [0.2, 0.25) is 5.13 Å². The smallest absolute Gasteiger partial charge is 0.291 e. The Balaban J connectivity index is 1.34. The van der Waals surface area contributed by atoms with Gasteiger partial charge in [-0.2, -0.15) is 20.0 Å². The third-order valence-electron chi connectivity index (χ3n) is 4.95. The van der Waals surface area contributed by atoms with Crippen LogP contribution in [0.15, 0.2) is 116 Å². The number of azo groups is 2. The molecule has 0 unspecified atom stereocenters. The van der Waals surface area contributed by atoms with Crippen molar-refractivity contribution in [2.45, 2.75) is 6.92 Å². The lowest BCUT2D eigenvalue weighted by atomic mass is 10.2. The molecule has 0 aliphatic carbocycles. The second-order valence-corrected chi connectivity index (χ2v) is 8.20. The molecule has 0 aliphatic heterocycles. The Morgan fingerprint density at radius 2 is 1.32 bits per heavy atom. The average Bonchev–Trinajstić information content (AvgIpc) is 3.48. The van der Waals surface area contributed by atoms with Crippen molar-refractivity contribution in [3.05, 3.63) is 106 Å². The average molecular weight is 466 g/mol. The number of H-pyrrole nitrogens is 1. The molecule has 0 spiro atoms. The molecule has 1 N–H and O–H groups in total. The van der Waals surface area contributed by atoms with Gasteiger partial charge in [0.15, 0.2) is 5.69 Å². The number of rotatable bonds is 6. The Labute approximate surface area is 199 Å². The molecule has 0 saturated carbocycles. The summed E-state index contributed by atoms with van der Waals surface area (Å²) in [6.45, 7) is 1.78. The lowest BCUT2D eigenvalue weighted by molar-refractivity contribution is 0.827. The van der Waals surface area contributed by atoms with E-state index >= 15 is 0 Å². The summed E-state index contributed by atoms with van der Waals surface area (Å²) in [7, 11) is 0. The summed E-state index contributed by atoms with van der Waals surface area (Å²) in [4.78, 5) is 17.5. The maximum atomic E-state index is 12.9. The molecule has 0 bridgehead atoms. The highest BCUT2D eigenvalue weighted by atomic mass is 32.1. The predicted molar refractivity (Wildman–Crippen MR) is 133 cm³/mol.